The molecule has 39 heavy (non-hydrogen) atoms. The molecule has 1 N–H and O–H groups in total. The summed E-state index contributed by atoms with van der Waals surface area (Å²) in [6.45, 7) is 4.44. The number of hydrogen-bond acceptors (Lipinski definition) is 6. The Morgan fingerprint density at radius 2 is 1.67 bits per heavy atom. The monoisotopic (exact) mass is 527 g/mol. The molecule has 9 nitrogen and oxygen atoms in total. The molecule has 3 aromatic rings. The lowest BCUT2D eigenvalue weighted by Gasteiger charge is -2.30. The smallest absolute Gasteiger partial charge is 0.265 e. The molecule has 2 aliphatic rings. The Hall–Kier alpha value is -4.66. The largest absolute Gasteiger partial charge is 0.493 e. The van der Waals surface area contributed by atoms with Crippen LogP contribution in [0.25, 0.3) is 0 Å². The van der Waals surface area contributed by atoms with Crippen LogP contribution in [0.4, 0.5) is 11.4 Å². The molecule has 2 aliphatic heterocycles. The molecule has 5 rings (SSSR count). The topological polar surface area (TPSA) is 105 Å². The summed E-state index contributed by atoms with van der Waals surface area (Å²) < 4.78 is 11.4. The molecule has 0 bridgehead atoms. The summed E-state index contributed by atoms with van der Waals surface area (Å²) in [5.41, 5.74) is 2.62. The average Bonchev–Trinajstić information content (AvgIpc) is 3.19. The molecule has 4 amide bonds. The van der Waals surface area contributed by atoms with Crippen molar-refractivity contribution in [1.82, 2.24) is 4.90 Å². The van der Waals surface area contributed by atoms with Crippen molar-refractivity contribution in [2.75, 3.05) is 30.0 Å². The maximum absolute atomic E-state index is 13.1. The molecule has 0 spiro atoms. The zero-order valence-electron chi connectivity index (χ0n) is 21.8. The number of rotatable bonds is 9. The SMILES string of the molecule is Cc1ccccc1OCCCCN1C(=O)COc2ccc(NC(=O)C(C)N3C(=O)c4ccccc4C3=O)cc21. The van der Waals surface area contributed by atoms with Gasteiger partial charge in [0.05, 0.1) is 23.4 Å². The van der Waals surface area contributed by atoms with E-state index in [-0.39, 0.29) is 23.6 Å². The highest BCUT2D eigenvalue weighted by Gasteiger charge is 2.40. The number of amides is 4. The fourth-order valence-electron chi connectivity index (χ4n) is 4.72. The molecule has 0 fully saturated rings. The molecule has 200 valence electrons. The second-order valence-electron chi connectivity index (χ2n) is 9.53. The summed E-state index contributed by atoms with van der Waals surface area (Å²) in [4.78, 5) is 53.9. The van der Waals surface area contributed by atoms with E-state index in [0.29, 0.717) is 36.7 Å². The van der Waals surface area contributed by atoms with Gasteiger partial charge in [0.2, 0.25) is 5.91 Å². The third-order valence-corrected chi connectivity index (χ3v) is 6.89. The van der Waals surface area contributed by atoms with Crippen LogP contribution in [-0.2, 0) is 9.59 Å². The summed E-state index contributed by atoms with van der Waals surface area (Å²) in [7, 11) is 0. The van der Waals surface area contributed by atoms with E-state index in [9.17, 15) is 19.2 Å². The molecular weight excluding hydrogens is 498 g/mol. The highest BCUT2D eigenvalue weighted by molar-refractivity contribution is 6.23. The number of aryl methyl sites for hydroxylation is 1. The number of ether oxygens (including phenoxy) is 2. The number of anilines is 2. The first kappa shape index (κ1) is 26.0. The fraction of sp³-hybridized carbons (Fsp3) is 0.267. The molecule has 0 saturated heterocycles. The summed E-state index contributed by atoms with van der Waals surface area (Å²) in [5, 5.41) is 2.77. The molecule has 0 saturated carbocycles. The van der Waals surface area contributed by atoms with E-state index < -0.39 is 23.8 Å². The maximum Gasteiger partial charge on any atom is 0.265 e. The Balaban J connectivity index is 1.22. The average molecular weight is 528 g/mol. The van der Waals surface area contributed by atoms with Crippen molar-refractivity contribution in [1.29, 1.82) is 0 Å². The molecule has 1 atom stereocenters. The first-order chi connectivity index (χ1) is 18.8. The minimum Gasteiger partial charge on any atom is -0.493 e. The Bertz CT molecular complexity index is 1420. The molecule has 0 radical (unpaired) electrons. The zero-order chi connectivity index (χ0) is 27.5. The number of nitrogens with one attached hydrogen (secondary N) is 1. The van der Waals surface area contributed by atoms with Gasteiger partial charge in [0, 0.05) is 12.2 Å². The van der Waals surface area contributed by atoms with Crippen LogP contribution in [0.1, 0.15) is 46.0 Å². The summed E-state index contributed by atoms with van der Waals surface area (Å²) in [6.07, 6.45) is 1.47. The van der Waals surface area contributed by atoms with Gasteiger partial charge in [-0.3, -0.25) is 24.1 Å². The van der Waals surface area contributed by atoms with Gasteiger partial charge >= 0.3 is 0 Å². The minimum absolute atomic E-state index is 0.0603. The van der Waals surface area contributed by atoms with Crippen LogP contribution in [0.2, 0.25) is 0 Å². The number of imide groups is 1. The van der Waals surface area contributed by atoms with E-state index in [2.05, 4.69) is 5.32 Å². The van der Waals surface area contributed by atoms with E-state index >= 15 is 0 Å². The van der Waals surface area contributed by atoms with Crippen LogP contribution < -0.4 is 19.7 Å². The van der Waals surface area contributed by atoms with E-state index in [1.165, 1.54) is 6.92 Å². The van der Waals surface area contributed by atoms with Crippen LogP contribution in [0.3, 0.4) is 0 Å². The quantitative estimate of drug-likeness (QED) is 0.330. The highest BCUT2D eigenvalue weighted by Crippen LogP contribution is 2.35. The molecule has 0 aromatic heterocycles. The van der Waals surface area contributed by atoms with Gasteiger partial charge in [0.15, 0.2) is 6.61 Å². The van der Waals surface area contributed by atoms with E-state index in [4.69, 9.17) is 9.47 Å². The minimum atomic E-state index is -1.03. The standard InChI is InChI=1S/C30H29N3O6/c1-19-9-3-6-12-25(19)38-16-8-7-15-32-24-17-21(13-14-26(24)39-18-27(32)34)31-28(35)20(2)33-29(36)22-10-4-5-11-23(22)30(33)37/h3-6,9-14,17,20H,7-8,15-16,18H2,1-2H3,(H,31,35). The summed E-state index contributed by atoms with van der Waals surface area (Å²) in [5.74, 6) is -0.309. The fourth-order valence-corrected chi connectivity index (χ4v) is 4.72. The lowest BCUT2D eigenvalue weighted by Crippen LogP contribution is -2.45. The number of carbonyl (C=O) groups is 4. The third-order valence-electron chi connectivity index (χ3n) is 6.89. The first-order valence-corrected chi connectivity index (χ1v) is 12.9. The predicted octanol–water partition coefficient (Wildman–Crippen LogP) is 4.20. The van der Waals surface area contributed by atoms with Crippen molar-refractivity contribution in [3.8, 4) is 11.5 Å². The Morgan fingerprint density at radius 1 is 0.974 bits per heavy atom. The number of fused-ring (bicyclic) bond motifs is 2. The Morgan fingerprint density at radius 3 is 2.38 bits per heavy atom. The number of carbonyl (C=O) groups excluding carboxylic acids is 4. The molecule has 2 heterocycles. The van der Waals surface area contributed by atoms with Crippen molar-refractivity contribution in [3.05, 3.63) is 83.4 Å². The Kier molecular flexibility index (Phi) is 7.31. The van der Waals surface area contributed by atoms with Gasteiger partial charge in [-0.15, -0.1) is 0 Å². The van der Waals surface area contributed by atoms with E-state index in [1.54, 1.807) is 47.4 Å². The van der Waals surface area contributed by atoms with E-state index in [1.807, 2.05) is 31.2 Å². The lowest BCUT2D eigenvalue weighted by atomic mass is 10.1. The first-order valence-electron chi connectivity index (χ1n) is 12.9. The van der Waals surface area contributed by atoms with Crippen LogP contribution in [0.5, 0.6) is 11.5 Å². The van der Waals surface area contributed by atoms with Crippen molar-refractivity contribution < 1.29 is 28.7 Å². The van der Waals surface area contributed by atoms with Crippen molar-refractivity contribution in [2.45, 2.75) is 32.7 Å². The highest BCUT2D eigenvalue weighted by atomic mass is 16.5. The third kappa shape index (κ3) is 5.20. The number of unbranched alkanes of at least 4 members (excludes halogenated alkanes) is 1. The molecule has 3 aromatic carbocycles. The van der Waals surface area contributed by atoms with Gasteiger partial charge in [0.25, 0.3) is 17.7 Å². The molecule has 1 unspecified atom stereocenters. The molecular formula is C30H29N3O6. The van der Waals surface area contributed by atoms with Gasteiger partial charge in [-0.1, -0.05) is 30.3 Å². The number of para-hydroxylation sites is 1. The van der Waals surface area contributed by atoms with E-state index in [0.717, 1.165) is 22.6 Å². The summed E-state index contributed by atoms with van der Waals surface area (Å²) in [6, 6.07) is 18.3. The second kappa shape index (κ2) is 11.0. The van der Waals surface area contributed by atoms with Gasteiger partial charge in [-0.2, -0.15) is 0 Å². The normalized spacial score (nSPS) is 15.0. The Labute approximate surface area is 226 Å². The zero-order valence-corrected chi connectivity index (χ0v) is 21.8. The predicted molar refractivity (Wildman–Crippen MR) is 145 cm³/mol. The second-order valence-corrected chi connectivity index (χ2v) is 9.53. The lowest BCUT2D eigenvalue weighted by molar-refractivity contribution is -0.121. The van der Waals surface area contributed by atoms with Crippen molar-refractivity contribution >= 4 is 35.0 Å². The molecule has 0 aliphatic carbocycles. The van der Waals surface area contributed by atoms with Gasteiger partial charge in [-0.25, -0.2) is 0 Å². The van der Waals surface area contributed by atoms with Gasteiger partial charge < -0.3 is 19.7 Å². The summed E-state index contributed by atoms with van der Waals surface area (Å²) >= 11 is 0. The van der Waals surface area contributed by atoms with Gasteiger partial charge in [0.1, 0.15) is 17.5 Å². The van der Waals surface area contributed by atoms with Crippen molar-refractivity contribution in [3.63, 3.8) is 0 Å². The molecule has 9 heteroatoms. The van der Waals surface area contributed by atoms with Crippen LogP contribution >= 0.6 is 0 Å². The number of hydrogen-bond donors (Lipinski definition) is 1. The van der Waals surface area contributed by atoms with Gasteiger partial charge in [-0.05, 0) is 68.7 Å². The van der Waals surface area contributed by atoms with Crippen molar-refractivity contribution in [2.24, 2.45) is 0 Å². The maximum atomic E-state index is 13.1. The van der Waals surface area contributed by atoms with Crippen LogP contribution in [0, 0.1) is 6.92 Å². The van der Waals surface area contributed by atoms with Crippen LogP contribution in [-0.4, -0.2) is 54.3 Å². The van der Waals surface area contributed by atoms with Crippen LogP contribution in [0.15, 0.2) is 66.7 Å². The number of benzene rings is 3. The number of nitrogens with zero attached hydrogens (tertiary/aromatic N) is 2.